The van der Waals surface area contributed by atoms with Gasteiger partial charge >= 0.3 is 5.97 Å². The third kappa shape index (κ3) is 18.3. The maximum atomic E-state index is 14.1. The van der Waals surface area contributed by atoms with Crippen LogP contribution >= 0.6 is 0 Å². The zero-order valence-corrected chi connectivity index (χ0v) is 49.9. The van der Waals surface area contributed by atoms with Crippen LogP contribution in [0.5, 0.6) is 0 Å². The molecule has 10 N–H and O–H groups in total. The SMILES string of the molecule is CC(=O)N[C@@H](CC(=O)O)C(=O)N[C@@H](C)C(=O)N1CCC[C@@H]1C(=O)N[C@@H](C)C(=O)N[C@@H](C)C(=O)N1CCC[C@H]1CC[C@@H](C)C(=O)NCC(=O)N1CCC[C@@H]1C(=O)N[C@@H](C)C(=O)N(C)[C@H](C(=O)N1CCC[C@H]1C(=O)N[C@H](C(N)=O)C(C)C)C(C)C. The standard InChI is InChI=1S/C55H89N13O15/c1-28(2)43(45(56)73)63-51(79)40-19-15-25-68(40)55(83)44(29(3)4)64(11)52(80)32(7)61-49(77)38-17-13-23-66(38)41(70)27-57-46(74)30(5)20-21-36-16-12-22-65(36)53(81)33(8)59-47(75)31(6)58-50(78)39-18-14-24-67(39)54(82)34(9)60-48(76)37(26-42(71)72)62-35(10)69/h28-34,36-40,43-44H,12-27H2,1-11H3,(H2,56,73)(H,57,74)(H,58,78)(H,59,75)(H,60,76)(H,61,77)(H,62,69)(H,63,79)(H,71,72)/t30-,31+,32+,33+,34+,36+,37+,38-,39-,40+,43+,44+/m1/s1. The lowest BCUT2D eigenvalue weighted by Gasteiger charge is -2.36. The van der Waals surface area contributed by atoms with E-state index < -0.39 is 162 Å². The smallest absolute Gasteiger partial charge is 0.305 e. The fourth-order valence-corrected chi connectivity index (χ4v) is 11.4. The number of rotatable bonds is 27. The average molecular weight is 1170 g/mol. The number of nitrogens with two attached hydrogens (primary N) is 1. The molecule has 4 aliphatic heterocycles. The second-order valence-electron chi connectivity index (χ2n) is 23.2. The zero-order chi connectivity index (χ0) is 62.3. The van der Waals surface area contributed by atoms with Crippen molar-refractivity contribution in [3.05, 3.63) is 0 Å². The molecule has 83 heavy (non-hydrogen) atoms. The van der Waals surface area contributed by atoms with Crippen molar-refractivity contribution in [1.29, 1.82) is 0 Å². The number of primary amides is 1. The summed E-state index contributed by atoms with van der Waals surface area (Å²) in [6.45, 7) is 16.3. The first-order valence-electron chi connectivity index (χ1n) is 28.9. The van der Waals surface area contributed by atoms with Gasteiger partial charge in [-0.2, -0.15) is 0 Å². The predicted molar refractivity (Wildman–Crippen MR) is 298 cm³/mol. The summed E-state index contributed by atoms with van der Waals surface area (Å²) in [5, 5.41) is 27.1. The third-order valence-corrected chi connectivity index (χ3v) is 15.9. The first kappa shape index (κ1) is 68.1. The van der Waals surface area contributed by atoms with Crippen molar-refractivity contribution < 1.29 is 72.2 Å². The number of hydrogen-bond donors (Lipinski definition) is 9. The molecule has 0 aliphatic carbocycles. The van der Waals surface area contributed by atoms with Crippen LogP contribution in [-0.2, 0) is 67.1 Å². The Labute approximate surface area is 484 Å². The van der Waals surface area contributed by atoms with Crippen molar-refractivity contribution in [1.82, 2.24) is 61.7 Å². The van der Waals surface area contributed by atoms with Gasteiger partial charge in [-0.1, -0.05) is 34.6 Å². The number of likely N-dealkylation sites (N-methyl/N-ethyl adjacent to an activating group) is 1. The summed E-state index contributed by atoms with van der Waals surface area (Å²) in [5.74, 6) is -10.1. The molecule has 4 rings (SSSR count). The van der Waals surface area contributed by atoms with E-state index in [2.05, 4.69) is 37.2 Å². The number of nitrogens with one attached hydrogen (secondary N) is 7. The van der Waals surface area contributed by atoms with E-state index in [9.17, 15) is 67.1 Å². The number of carbonyl (C=O) groups excluding carboxylic acids is 13. The van der Waals surface area contributed by atoms with Crippen LogP contribution in [-0.4, -0.2) is 219 Å². The minimum Gasteiger partial charge on any atom is -0.481 e. The van der Waals surface area contributed by atoms with E-state index in [1.807, 2.05) is 0 Å². The van der Waals surface area contributed by atoms with Gasteiger partial charge in [0.25, 0.3) is 0 Å². The molecule has 0 spiro atoms. The van der Waals surface area contributed by atoms with Crippen LogP contribution < -0.4 is 43.0 Å². The second kappa shape index (κ2) is 30.8. The molecule has 4 heterocycles. The molecule has 0 aromatic rings. The summed E-state index contributed by atoms with van der Waals surface area (Å²) in [6.07, 6.45) is 3.81. The van der Waals surface area contributed by atoms with Crippen molar-refractivity contribution in [2.75, 3.05) is 39.8 Å². The highest BCUT2D eigenvalue weighted by Gasteiger charge is 2.44. The summed E-state index contributed by atoms with van der Waals surface area (Å²) in [5.41, 5.74) is 5.51. The lowest BCUT2D eigenvalue weighted by Crippen LogP contribution is -2.60. The van der Waals surface area contributed by atoms with Crippen LogP contribution in [0, 0.1) is 17.8 Å². The summed E-state index contributed by atoms with van der Waals surface area (Å²) < 4.78 is 0. The molecule has 0 radical (unpaired) electrons. The van der Waals surface area contributed by atoms with Gasteiger partial charge in [0.05, 0.1) is 13.0 Å². The Morgan fingerprint density at radius 1 is 0.542 bits per heavy atom. The lowest BCUT2D eigenvalue weighted by atomic mass is 9.99. The zero-order valence-electron chi connectivity index (χ0n) is 49.9. The predicted octanol–water partition coefficient (Wildman–Crippen LogP) is -2.41. The highest BCUT2D eigenvalue weighted by Crippen LogP contribution is 2.27. The number of likely N-dealkylation sites (tertiary alicyclic amines) is 4. The first-order valence-corrected chi connectivity index (χ1v) is 28.9. The number of nitrogens with zero attached hydrogens (tertiary/aromatic N) is 5. The van der Waals surface area contributed by atoms with Gasteiger partial charge in [0, 0.05) is 52.1 Å². The number of carbonyl (C=O) groups is 14. The summed E-state index contributed by atoms with van der Waals surface area (Å²) in [7, 11) is 1.45. The van der Waals surface area contributed by atoms with Gasteiger partial charge in [-0.05, 0) is 104 Å². The second-order valence-corrected chi connectivity index (χ2v) is 23.2. The van der Waals surface area contributed by atoms with Gasteiger partial charge in [-0.25, -0.2) is 0 Å². The van der Waals surface area contributed by atoms with E-state index >= 15 is 0 Å². The Kier molecular flexibility index (Phi) is 25.2. The quantitative estimate of drug-likeness (QED) is 0.0414. The van der Waals surface area contributed by atoms with Gasteiger partial charge in [0.15, 0.2) is 0 Å². The Morgan fingerprint density at radius 2 is 1.01 bits per heavy atom. The van der Waals surface area contributed by atoms with E-state index in [0.29, 0.717) is 64.3 Å². The number of carboxylic acid groups (broad SMARTS) is 1. The maximum Gasteiger partial charge on any atom is 0.305 e. The van der Waals surface area contributed by atoms with Gasteiger partial charge in [0.2, 0.25) is 76.8 Å². The van der Waals surface area contributed by atoms with Crippen molar-refractivity contribution >= 4 is 82.8 Å². The van der Waals surface area contributed by atoms with E-state index in [1.165, 1.54) is 54.3 Å². The number of aliphatic carboxylic acids is 1. The van der Waals surface area contributed by atoms with Crippen molar-refractivity contribution in [2.45, 2.75) is 206 Å². The Morgan fingerprint density at radius 3 is 1.53 bits per heavy atom. The minimum atomic E-state index is -1.43. The third-order valence-electron chi connectivity index (χ3n) is 15.9. The molecule has 0 unspecified atom stereocenters. The van der Waals surface area contributed by atoms with Crippen LogP contribution in [0.1, 0.15) is 140 Å². The molecular formula is C55H89N13O15. The molecule has 13 amide bonds. The highest BCUT2D eigenvalue weighted by atomic mass is 16.4. The van der Waals surface area contributed by atoms with Crippen LogP contribution in [0.15, 0.2) is 0 Å². The topological polar surface area (TPSA) is 386 Å². The van der Waals surface area contributed by atoms with E-state index in [4.69, 9.17) is 10.8 Å². The number of amides is 13. The van der Waals surface area contributed by atoms with E-state index in [0.717, 1.165) is 6.92 Å². The maximum absolute atomic E-state index is 14.1. The lowest BCUT2D eigenvalue weighted by molar-refractivity contribution is -0.150. The normalized spacial score (nSPS) is 21.6. The first-order chi connectivity index (χ1) is 38.9. The summed E-state index contributed by atoms with van der Waals surface area (Å²) in [4.78, 5) is 190. The molecule has 28 heteroatoms. The molecule has 12 atom stereocenters. The van der Waals surface area contributed by atoms with Gasteiger partial charge in [-0.15, -0.1) is 0 Å². The fraction of sp³-hybridized carbons (Fsp3) is 0.745. The molecule has 4 aliphatic rings. The average Bonchev–Trinajstić information content (AvgIpc) is 4.49. The van der Waals surface area contributed by atoms with Crippen LogP contribution in [0.4, 0.5) is 0 Å². The van der Waals surface area contributed by atoms with Crippen molar-refractivity contribution in [3.8, 4) is 0 Å². The fourth-order valence-electron chi connectivity index (χ4n) is 11.4. The van der Waals surface area contributed by atoms with Crippen LogP contribution in [0.2, 0.25) is 0 Å². The monoisotopic (exact) mass is 1170 g/mol. The van der Waals surface area contributed by atoms with E-state index in [1.54, 1.807) is 39.5 Å². The summed E-state index contributed by atoms with van der Waals surface area (Å²) >= 11 is 0. The molecule has 0 bridgehead atoms. The van der Waals surface area contributed by atoms with Crippen LogP contribution in [0.25, 0.3) is 0 Å². The molecule has 0 aromatic heterocycles. The molecule has 4 saturated heterocycles. The Bertz CT molecular complexity index is 2440. The largest absolute Gasteiger partial charge is 0.481 e. The molecule has 0 saturated carbocycles. The molecular weight excluding hydrogens is 1080 g/mol. The minimum absolute atomic E-state index is 0.170. The van der Waals surface area contributed by atoms with Crippen molar-refractivity contribution in [2.24, 2.45) is 23.5 Å². The van der Waals surface area contributed by atoms with Gasteiger partial charge in [-0.3, -0.25) is 67.1 Å². The van der Waals surface area contributed by atoms with E-state index in [-0.39, 0.29) is 43.9 Å². The number of carboxylic acids is 1. The molecule has 464 valence electrons. The summed E-state index contributed by atoms with van der Waals surface area (Å²) in [6, 6.07) is -10.8. The Hall–Kier alpha value is -7.42. The highest BCUT2D eigenvalue weighted by molar-refractivity contribution is 5.99. The van der Waals surface area contributed by atoms with Crippen LogP contribution in [0.3, 0.4) is 0 Å². The van der Waals surface area contributed by atoms with Gasteiger partial charge in [0.1, 0.15) is 60.4 Å². The van der Waals surface area contributed by atoms with Gasteiger partial charge < -0.3 is 72.6 Å². The Balaban J connectivity index is 1.23. The molecule has 28 nitrogen and oxygen atoms in total. The molecule has 0 aromatic carbocycles. The van der Waals surface area contributed by atoms with Crippen molar-refractivity contribution in [3.63, 3.8) is 0 Å². The number of hydrogen-bond acceptors (Lipinski definition) is 14. The molecule has 4 fully saturated rings.